The molecule has 3 heterocycles. The SMILES string of the molecule is CNC(=O)CNc1ccc(-c2nc3ncc(Br)c(NC4CCN(C)CC4)c3[nH]2)cc1. The fourth-order valence-electron chi connectivity index (χ4n) is 3.59. The number of carbonyl (C=O) groups excluding carboxylic acids is 1. The predicted octanol–water partition coefficient (Wildman–Crippen LogP) is 3.05. The molecule has 1 aliphatic rings. The van der Waals surface area contributed by atoms with E-state index in [2.05, 4.69) is 58.8 Å². The van der Waals surface area contributed by atoms with E-state index in [-0.39, 0.29) is 12.5 Å². The fraction of sp³-hybridized carbons (Fsp3) is 0.381. The van der Waals surface area contributed by atoms with E-state index in [0.717, 1.165) is 58.7 Å². The smallest absolute Gasteiger partial charge is 0.239 e. The van der Waals surface area contributed by atoms with Crippen molar-refractivity contribution in [2.45, 2.75) is 18.9 Å². The van der Waals surface area contributed by atoms with E-state index in [1.807, 2.05) is 24.3 Å². The number of nitrogens with zero attached hydrogens (tertiary/aromatic N) is 3. The lowest BCUT2D eigenvalue weighted by molar-refractivity contribution is -0.118. The molecule has 1 amide bonds. The minimum atomic E-state index is -0.0577. The third kappa shape index (κ3) is 4.57. The standard InChI is InChI=1S/C21H26BrN7O/c1-23-17(30)12-24-14-5-3-13(4-6-14)20-27-19-18(16(22)11-25-21(19)28-20)26-15-7-9-29(2)10-8-15/h3-6,11,15,24H,7-10,12H2,1-2H3,(H,23,30)(H2,25,26,27,28). The third-order valence-corrected chi connectivity index (χ3v) is 6.03. The first kappa shape index (κ1) is 20.6. The van der Waals surface area contributed by atoms with Gasteiger partial charge in [0.05, 0.1) is 16.7 Å². The first-order valence-corrected chi connectivity index (χ1v) is 10.9. The lowest BCUT2D eigenvalue weighted by Gasteiger charge is -2.30. The van der Waals surface area contributed by atoms with E-state index in [4.69, 9.17) is 0 Å². The number of carbonyl (C=O) groups is 1. The summed E-state index contributed by atoms with van der Waals surface area (Å²) in [6.07, 6.45) is 4.02. The molecule has 4 rings (SSSR count). The second-order valence-electron chi connectivity index (χ2n) is 7.59. The summed E-state index contributed by atoms with van der Waals surface area (Å²) in [5.74, 6) is 0.706. The van der Waals surface area contributed by atoms with Crippen LogP contribution < -0.4 is 16.0 Å². The van der Waals surface area contributed by atoms with Crippen molar-refractivity contribution in [2.75, 3.05) is 44.4 Å². The molecule has 1 aliphatic heterocycles. The Balaban J connectivity index is 1.55. The van der Waals surface area contributed by atoms with Crippen molar-refractivity contribution in [2.24, 2.45) is 0 Å². The Morgan fingerprint density at radius 2 is 2.00 bits per heavy atom. The zero-order valence-corrected chi connectivity index (χ0v) is 18.7. The molecule has 4 N–H and O–H groups in total. The lowest BCUT2D eigenvalue weighted by Crippen LogP contribution is -2.36. The number of fused-ring (bicyclic) bond motifs is 1. The van der Waals surface area contributed by atoms with Crippen molar-refractivity contribution in [3.05, 3.63) is 34.9 Å². The minimum Gasteiger partial charge on any atom is -0.379 e. The summed E-state index contributed by atoms with van der Waals surface area (Å²) in [4.78, 5) is 26.3. The fourth-order valence-corrected chi connectivity index (χ4v) is 4.00. The summed E-state index contributed by atoms with van der Waals surface area (Å²) in [6.45, 7) is 2.43. The van der Waals surface area contributed by atoms with E-state index in [1.54, 1.807) is 13.2 Å². The molecule has 1 saturated heterocycles. The Morgan fingerprint density at radius 1 is 1.27 bits per heavy atom. The molecular formula is C21H26BrN7O. The topological polar surface area (TPSA) is 98.0 Å². The first-order chi connectivity index (χ1) is 14.5. The Hall–Kier alpha value is -2.65. The van der Waals surface area contributed by atoms with Gasteiger partial charge in [-0.3, -0.25) is 4.79 Å². The molecule has 30 heavy (non-hydrogen) atoms. The van der Waals surface area contributed by atoms with Crippen LogP contribution in [0, 0.1) is 0 Å². The molecule has 158 valence electrons. The summed E-state index contributed by atoms with van der Waals surface area (Å²) < 4.78 is 0.929. The van der Waals surface area contributed by atoms with Gasteiger partial charge in [-0.2, -0.15) is 0 Å². The molecule has 0 bridgehead atoms. The predicted molar refractivity (Wildman–Crippen MR) is 124 cm³/mol. The van der Waals surface area contributed by atoms with Crippen molar-refractivity contribution in [3.63, 3.8) is 0 Å². The Bertz CT molecular complexity index is 1030. The van der Waals surface area contributed by atoms with Crippen LogP contribution in [0.2, 0.25) is 0 Å². The highest BCUT2D eigenvalue weighted by molar-refractivity contribution is 9.10. The number of hydrogen-bond acceptors (Lipinski definition) is 6. The van der Waals surface area contributed by atoms with E-state index >= 15 is 0 Å². The summed E-state index contributed by atoms with van der Waals surface area (Å²) in [7, 11) is 3.79. The van der Waals surface area contributed by atoms with Gasteiger partial charge in [-0.1, -0.05) is 0 Å². The molecule has 8 nitrogen and oxygen atoms in total. The van der Waals surface area contributed by atoms with Crippen molar-refractivity contribution in [3.8, 4) is 11.4 Å². The summed E-state index contributed by atoms with van der Waals surface area (Å²) >= 11 is 3.64. The van der Waals surface area contributed by atoms with Crippen LogP contribution in [0.25, 0.3) is 22.6 Å². The quantitative estimate of drug-likeness (QED) is 0.441. The van der Waals surface area contributed by atoms with Crippen LogP contribution in [0.5, 0.6) is 0 Å². The van der Waals surface area contributed by atoms with Gasteiger partial charge >= 0.3 is 0 Å². The van der Waals surface area contributed by atoms with Crippen molar-refractivity contribution in [1.82, 2.24) is 25.2 Å². The van der Waals surface area contributed by atoms with E-state index < -0.39 is 0 Å². The number of imidazole rings is 1. The van der Waals surface area contributed by atoms with E-state index in [0.29, 0.717) is 11.7 Å². The first-order valence-electron chi connectivity index (χ1n) is 10.1. The van der Waals surface area contributed by atoms with Crippen LogP contribution in [0.4, 0.5) is 11.4 Å². The molecule has 0 saturated carbocycles. The Kier molecular flexibility index (Phi) is 6.19. The van der Waals surface area contributed by atoms with Gasteiger partial charge in [-0.05, 0) is 73.2 Å². The number of amides is 1. The monoisotopic (exact) mass is 471 g/mol. The molecule has 2 aromatic heterocycles. The molecule has 0 unspecified atom stereocenters. The number of aromatic nitrogens is 3. The number of piperidine rings is 1. The Morgan fingerprint density at radius 3 is 2.70 bits per heavy atom. The number of rotatable bonds is 6. The zero-order valence-electron chi connectivity index (χ0n) is 17.1. The van der Waals surface area contributed by atoms with Gasteiger partial charge < -0.3 is 25.8 Å². The number of pyridine rings is 1. The molecule has 0 radical (unpaired) electrons. The molecule has 3 aromatic rings. The molecular weight excluding hydrogens is 446 g/mol. The van der Waals surface area contributed by atoms with Crippen LogP contribution in [0.1, 0.15) is 12.8 Å². The summed E-state index contributed by atoms with van der Waals surface area (Å²) in [5.41, 5.74) is 4.44. The number of hydrogen-bond donors (Lipinski definition) is 4. The number of anilines is 2. The van der Waals surface area contributed by atoms with E-state index in [1.165, 1.54) is 0 Å². The number of likely N-dealkylation sites (N-methyl/N-ethyl adjacent to an activating group) is 1. The zero-order chi connectivity index (χ0) is 21.1. The number of likely N-dealkylation sites (tertiary alicyclic amines) is 1. The minimum absolute atomic E-state index is 0.0577. The molecule has 1 fully saturated rings. The van der Waals surface area contributed by atoms with Gasteiger partial charge in [0.1, 0.15) is 11.3 Å². The van der Waals surface area contributed by atoms with Gasteiger partial charge in [0, 0.05) is 30.5 Å². The molecule has 0 spiro atoms. The average Bonchev–Trinajstić information content (AvgIpc) is 3.20. The molecule has 1 aromatic carbocycles. The largest absolute Gasteiger partial charge is 0.379 e. The lowest BCUT2D eigenvalue weighted by atomic mass is 10.1. The maximum atomic E-state index is 11.4. The van der Waals surface area contributed by atoms with Crippen LogP contribution in [0.3, 0.4) is 0 Å². The Labute approximate surface area is 184 Å². The van der Waals surface area contributed by atoms with Crippen LogP contribution >= 0.6 is 15.9 Å². The second-order valence-corrected chi connectivity index (χ2v) is 8.45. The number of halogens is 1. The number of benzene rings is 1. The average molecular weight is 472 g/mol. The normalized spacial score (nSPS) is 15.3. The molecule has 0 atom stereocenters. The van der Waals surface area contributed by atoms with Crippen molar-refractivity contribution >= 4 is 44.4 Å². The van der Waals surface area contributed by atoms with Gasteiger partial charge in [0.2, 0.25) is 5.91 Å². The second kappa shape index (κ2) is 9.01. The van der Waals surface area contributed by atoms with Gasteiger partial charge in [0.25, 0.3) is 0 Å². The number of H-pyrrole nitrogens is 1. The maximum Gasteiger partial charge on any atom is 0.239 e. The highest BCUT2D eigenvalue weighted by Gasteiger charge is 2.20. The highest BCUT2D eigenvalue weighted by atomic mass is 79.9. The molecule has 9 heteroatoms. The summed E-state index contributed by atoms with van der Waals surface area (Å²) in [5, 5.41) is 9.37. The van der Waals surface area contributed by atoms with Crippen molar-refractivity contribution < 1.29 is 4.79 Å². The van der Waals surface area contributed by atoms with Gasteiger partial charge in [-0.25, -0.2) is 9.97 Å². The number of aromatic amines is 1. The van der Waals surface area contributed by atoms with Gasteiger partial charge in [0.15, 0.2) is 5.65 Å². The molecule has 0 aliphatic carbocycles. The maximum absolute atomic E-state index is 11.4. The van der Waals surface area contributed by atoms with Crippen LogP contribution in [0.15, 0.2) is 34.9 Å². The van der Waals surface area contributed by atoms with Crippen LogP contribution in [-0.2, 0) is 4.79 Å². The third-order valence-electron chi connectivity index (χ3n) is 5.43. The van der Waals surface area contributed by atoms with Crippen molar-refractivity contribution in [1.29, 1.82) is 0 Å². The van der Waals surface area contributed by atoms with Gasteiger partial charge in [-0.15, -0.1) is 0 Å². The summed E-state index contributed by atoms with van der Waals surface area (Å²) in [6, 6.07) is 8.26. The number of nitrogens with one attached hydrogen (secondary N) is 4. The van der Waals surface area contributed by atoms with Crippen LogP contribution in [-0.4, -0.2) is 65.5 Å². The van der Waals surface area contributed by atoms with E-state index in [9.17, 15) is 4.79 Å². The highest BCUT2D eigenvalue weighted by Crippen LogP contribution is 2.32.